The molecule has 2 aromatic rings. The Hall–Kier alpha value is -2.29. The SMILES string of the molecule is CCc1ccc(OC(CC)C(=O)Nc2cccc(C)c2C)cc1. The van der Waals surface area contributed by atoms with Crippen molar-refractivity contribution < 1.29 is 9.53 Å². The second-order valence-corrected chi connectivity index (χ2v) is 5.75. The van der Waals surface area contributed by atoms with Crippen LogP contribution in [-0.2, 0) is 11.2 Å². The van der Waals surface area contributed by atoms with Gasteiger partial charge in [0.25, 0.3) is 5.91 Å². The van der Waals surface area contributed by atoms with E-state index in [0.29, 0.717) is 6.42 Å². The maximum atomic E-state index is 12.5. The van der Waals surface area contributed by atoms with Crippen LogP contribution in [0.15, 0.2) is 42.5 Å². The van der Waals surface area contributed by atoms with Crippen molar-refractivity contribution in [2.45, 2.75) is 46.6 Å². The van der Waals surface area contributed by atoms with Crippen LogP contribution < -0.4 is 10.1 Å². The van der Waals surface area contributed by atoms with E-state index in [0.717, 1.165) is 29.0 Å². The molecule has 0 aliphatic carbocycles. The van der Waals surface area contributed by atoms with Gasteiger partial charge in [0, 0.05) is 5.69 Å². The molecular weight excluding hydrogens is 286 g/mol. The number of rotatable bonds is 6. The fourth-order valence-electron chi connectivity index (χ4n) is 2.39. The van der Waals surface area contributed by atoms with Crippen molar-refractivity contribution in [3.05, 3.63) is 59.2 Å². The lowest BCUT2D eigenvalue weighted by molar-refractivity contribution is -0.122. The number of hydrogen-bond acceptors (Lipinski definition) is 2. The molecule has 0 heterocycles. The molecule has 0 spiro atoms. The molecule has 23 heavy (non-hydrogen) atoms. The topological polar surface area (TPSA) is 38.3 Å². The smallest absolute Gasteiger partial charge is 0.265 e. The van der Waals surface area contributed by atoms with Crippen LogP contribution in [0.1, 0.15) is 37.0 Å². The van der Waals surface area contributed by atoms with E-state index in [-0.39, 0.29) is 5.91 Å². The van der Waals surface area contributed by atoms with Gasteiger partial charge in [-0.05, 0) is 61.6 Å². The highest BCUT2D eigenvalue weighted by molar-refractivity contribution is 5.95. The predicted molar refractivity (Wildman–Crippen MR) is 95.1 cm³/mol. The minimum atomic E-state index is -0.498. The molecule has 0 aliphatic heterocycles. The first kappa shape index (κ1) is 17.1. The first-order chi connectivity index (χ1) is 11.0. The van der Waals surface area contributed by atoms with Crippen LogP contribution in [0.25, 0.3) is 0 Å². The number of ether oxygens (including phenoxy) is 1. The van der Waals surface area contributed by atoms with Crippen LogP contribution in [0.4, 0.5) is 5.69 Å². The van der Waals surface area contributed by atoms with Gasteiger partial charge in [-0.3, -0.25) is 4.79 Å². The quantitative estimate of drug-likeness (QED) is 0.842. The summed E-state index contributed by atoms with van der Waals surface area (Å²) < 4.78 is 5.86. The Morgan fingerprint density at radius 2 is 1.78 bits per heavy atom. The zero-order chi connectivity index (χ0) is 16.8. The van der Waals surface area contributed by atoms with Crippen LogP contribution in [0.5, 0.6) is 5.75 Å². The molecule has 1 amide bonds. The van der Waals surface area contributed by atoms with Crippen LogP contribution >= 0.6 is 0 Å². The molecule has 0 aliphatic rings. The number of carbonyl (C=O) groups is 1. The van der Waals surface area contributed by atoms with Crippen molar-refractivity contribution >= 4 is 11.6 Å². The van der Waals surface area contributed by atoms with Gasteiger partial charge in [0.2, 0.25) is 0 Å². The Kier molecular flexibility index (Phi) is 5.80. The lowest BCUT2D eigenvalue weighted by atomic mass is 10.1. The Bertz CT molecular complexity index is 662. The fraction of sp³-hybridized carbons (Fsp3) is 0.350. The minimum Gasteiger partial charge on any atom is -0.481 e. The van der Waals surface area contributed by atoms with Crippen molar-refractivity contribution in [3.8, 4) is 5.75 Å². The molecule has 122 valence electrons. The summed E-state index contributed by atoms with van der Waals surface area (Å²) in [5.41, 5.74) is 4.35. The zero-order valence-corrected chi connectivity index (χ0v) is 14.3. The summed E-state index contributed by atoms with van der Waals surface area (Å²) in [7, 11) is 0. The van der Waals surface area contributed by atoms with E-state index < -0.39 is 6.10 Å². The molecule has 0 saturated carbocycles. The normalized spacial score (nSPS) is 11.8. The minimum absolute atomic E-state index is 0.110. The number of hydrogen-bond donors (Lipinski definition) is 1. The van der Waals surface area contributed by atoms with E-state index >= 15 is 0 Å². The van der Waals surface area contributed by atoms with Gasteiger partial charge in [-0.15, -0.1) is 0 Å². The number of nitrogens with one attached hydrogen (secondary N) is 1. The number of carbonyl (C=O) groups excluding carboxylic acids is 1. The number of benzene rings is 2. The average molecular weight is 311 g/mol. The molecule has 1 unspecified atom stereocenters. The van der Waals surface area contributed by atoms with E-state index in [1.165, 1.54) is 5.56 Å². The van der Waals surface area contributed by atoms with Crippen molar-refractivity contribution in [1.82, 2.24) is 0 Å². The van der Waals surface area contributed by atoms with Crippen molar-refractivity contribution in [3.63, 3.8) is 0 Å². The van der Waals surface area contributed by atoms with E-state index in [4.69, 9.17) is 4.74 Å². The van der Waals surface area contributed by atoms with E-state index in [2.05, 4.69) is 12.2 Å². The second-order valence-electron chi connectivity index (χ2n) is 5.75. The van der Waals surface area contributed by atoms with E-state index in [1.807, 2.05) is 63.2 Å². The van der Waals surface area contributed by atoms with Gasteiger partial charge in [0.1, 0.15) is 5.75 Å². The number of aryl methyl sites for hydroxylation is 2. The second kappa shape index (κ2) is 7.82. The van der Waals surface area contributed by atoms with Crippen LogP contribution in [-0.4, -0.2) is 12.0 Å². The summed E-state index contributed by atoms with van der Waals surface area (Å²) >= 11 is 0. The summed E-state index contributed by atoms with van der Waals surface area (Å²) in [6.07, 6.45) is 1.11. The summed E-state index contributed by atoms with van der Waals surface area (Å²) in [6.45, 7) is 8.11. The zero-order valence-electron chi connectivity index (χ0n) is 14.3. The predicted octanol–water partition coefficient (Wildman–Crippen LogP) is 4.66. The highest BCUT2D eigenvalue weighted by Crippen LogP contribution is 2.20. The molecule has 0 saturated heterocycles. The first-order valence-electron chi connectivity index (χ1n) is 8.17. The summed E-state index contributed by atoms with van der Waals surface area (Å²) in [5.74, 6) is 0.617. The first-order valence-corrected chi connectivity index (χ1v) is 8.17. The van der Waals surface area contributed by atoms with Gasteiger partial charge in [0.15, 0.2) is 6.10 Å². The molecule has 0 fully saturated rings. The Balaban J connectivity index is 2.07. The fourth-order valence-corrected chi connectivity index (χ4v) is 2.39. The van der Waals surface area contributed by atoms with Crippen LogP contribution in [0, 0.1) is 13.8 Å². The summed E-state index contributed by atoms with van der Waals surface area (Å²) in [5, 5.41) is 2.98. The van der Waals surface area contributed by atoms with Gasteiger partial charge in [-0.25, -0.2) is 0 Å². The molecule has 0 bridgehead atoms. The highest BCUT2D eigenvalue weighted by Gasteiger charge is 2.19. The van der Waals surface area contributed by atoms with Gasteiger partial charge in [-0.1, -0.05) is 38.1 Å². The average Bonchev–Trinajstić information content (AvgIpc) is 2.57. The third-order valence-electron chi connectivity index (χ3n) is 4.14. The maximum Gasteiger partial charge on any atom is 0.265 e. The van der Waals surface area contributed by atoms with Crippen molar-refractivity contribution in [2.75, 3.05) is 5.32 Å². The Morgan fingerprint density at radius 3 is 2.39 bits per heavy atom. The Morgan fingerprint density at radius 1 is 1.09 bits per heavy atom. The van der Waals surface area contributed by atoms with Crippen LogP contribution in [0.2, 0.25) is 0 Å². The molecule has 3 heteroatoms. The standard InChI is InChI=1S/C20H25NO2/c1-5-16-10-12-17(13-11-16)23-19(6-2)20(22)21-18-9-7-8-14(3)15(18)4/h7-13,19H,5-6H2,1-4H3,(H,21,22). The maximum absolute atomic E-state index is 12.5. The highest BCUT2D eigenvalue weighted by atomic mass is 16.5. The number of anilines is 1. The Labute approximate surface area is 138 Å². The molecule has 3 nitrogen and oxygen atoms in total. The van der Waals surface area contributed by atoms with Crippen molar-refractivity contribution in [2.24, 2.45) is 0 Å². The van der Waals surface area contributed by atoms with Crippen molar-refractivity contribution in [1.29, 1.82) is 0 Å². The van der Waals surface area contributed by atoms with Gasteiger partial charge >= 0.3 is 0 Å². The molecule has 1 atom stereocenters. The molecule has 0 aromatic heterocycles. The van der Waals surface area contributed by atoms with Gasteiger partial charge in [-0.2, -0.15) is 0 Å². The monoisotopic (exact) mass is 311 g/mol. The third kappa shape index (κ3) is 4.35. The molecule has 0 radical (unpaired) electrons. The van der Waals surface area contributed by atoms with Gasteiger partial charge < -0.3 is 10.1 Å². The number of amides is 1. The summed E-state index contributed by atoms with van der Waals surface area (Å²) in [4.78, 5) is 12.5. The summed E-state index contributed by atoms with van der Waals surface area (Å²) in [6, 6.07) is 13.8. The molecule has 1 N–H and O–H groups in total. The van der Waals surface area contributed by atoms with E-state index in [1.54, 1.807) is 0 Å². The van der Waals surface area contributed by atoms with Crippen LogP contribution in [0.3, 0.4) is 0 Å². The molecule has 2 aromatic carbocycles. The van der Waals surface area contributed by atoms with Gasteiger partial charge in [0.05, 0.1) is 0 Å². The van der Waals surface area contributed by atoms with E-state index in [9.17, 15) is 4.79 Å². The largest absolute Gasteiger partial charge is 0.481 e. The lowest BCUT2D eigenvalue weighted by Gasteiger charge is -2.18. The molecule has 2 rings (SSSR count). The molecular formula is C20H25NO2. The third-order valence-corrected chi connectivity index (χ3v) is 4.14. The lowest BCUT2D eigenvalue weighted by Crippen LogP contribution is -2.32.